The van der Waals surface area contributed by atoms with E-state index >= 15 is 0 Å². The molecule has 158 valence electrons. The highest BCUT2D eigenvalue weighted by atomic mass is 32.1. The second kappa shape index (κ2) is 10.7. The predicted octanol–water partition coefficient (Wildman–Crippen LogP) is 3.29. The number of nitrogens with zero attached hydrogens (tertiary/aromatic N) is 1. The van der Waals surface area contributed by atoms with Gasteiger partial charge in [-0.3, -0.25) is 14.4 Å². The van der Waals surface area contributed by atoms with Gasteiger partial charge in [0, 0.05) is 12.6 Å². The fraction of sp³-hybridized carbons (Fsp3) is 0.348. The van der Waals surface area contributed by atoms with Gasteiger partial charge in [0.2, 0.25) is 11.8 Å². The lowest BCUT2D eigenvalue weighted by Crippen LogP contribution is -2.48. The quantitative estimate of drug-likeness (QED) is 0.605. The fourth-order valence-corrected chi connectivity index (χ4v) is 4.34. The first kappa shape index (κ1) is 21.8. The number of benzene rings is 1. The van der Waals surface area contributed by atoms with Gasteiger partial charge in [-0.1, -0.05) is 55.3 Å². The third-order valence-electron chi connectivity index (χ3n) is 5.17. The van der Waals surface area contributed by atoms with Crippen LogP contribution < -0.4 is 10.6 Å². The van der Waals surface area contributed by atoms with Gasteiger partial charge in [0.05, 0.1) is 11.4 Å². The highest BCUT2D eigenvalue weighted by Gasteiger charge is 2.32. The first-order valence-electron chi connectivity index (χ1n) is 10.2. The van der Waals surface area contributed by atoms with E-state index in [-0.39, 0.29) is 36.9 Å². The molecule has 1 aromatic carbocycles. The van der Waals surface area contributed by atoms with Crippen molar-refractivity contribution in [1.29, 1.82) is 0 Å². The highest BCUT2D eigenvalue weighted by molar-refractivity contribution is 7.12. The van der Waals surface area contributed by atoms with Crippen molar-refractivity contribution in [1.82, 2.24) is 15.5 Å². The lowest BCUT2D eigenvalue weighted by atomic mass is 10.0. The van der Waals surface area contributed by atoms with Crippen molar-refractivity contribution in [2.45, 2.75) is 37.8 Å². The molecule has 7 heteroatoms. The van der Waals surface area contributed by atoms with E-state index in [0.717, 1.165) is 31.2 Å². The maximum Gasteiger partial charge on any atom is 0.261 e. The van der Waals surface area contributed by atoms with Crippen molar-refractivity contribution in [2.24, 2.45) is 0 Å². The highest BCUT2D eigenvalue weighted by Crippen LogP contribution is 2.24. The molecule has 0 saturated heterocycles. The van der Waals surface area contributed by atoms with Crippen LogP contribution in [-0.2, 0) is 9.59 Å². The molecule has 1 fully saturated rings. The molecule has 1 aliphatic rings. The van der Waals surface area contributed by atoms with Crippen molar-refractivity contribution >= 4 is 29.1 Å². The second-order valence-corrected chi connectivity index (χ2v) is 8.25. The molecular weight excluding hydrogens is 398 g/mol. The van der Waals surface area contributed by atoms with E-state index in [2.05, 4.69) is 17.2 Å². The lowest BCUT2D eigenvalue weighted by molar-refractivity contribution is -0.139. The summed E-state index contributed by atoms with van der Waals surface area (Å²) >= 11 is 1.31. The average molecular weight is 426 g/mol. The average Bonchev–Trinajstić information content (AvgIpc) is 3.46. The van der Waals surface area contributed by atoms with Gasteiger partial charge < -0.3 is 15.5 Å². The van der Waals surface area contributed by atoms with Crippen molar-refractivity contribution in [2.75, 3.05) is 13.1 Å². The molecule has 0 spiro atoms. The number of rotatable bonds is 9. The number of carbonyl (C=O) groups is 3. The zero-order valence-corrected chi connectivity index (χ0v) is 17.7. The Morgan fingerprint density at radius 2 is 1.87 bits per heavy atom. The van der Waals surface area contributed by atoms with Crippen molar-refractivity contribution in [3.8, 4) is 0 Å². The Hall–Kier alpha value is -2.93. The first-order chi connectivity index (χ1) is 14.6. The Morgan fingerprint density at radius 1 is 1.13 bits per heavy atom. The second-order valence-electron chi connectivity index (χ2n) is 7.30. The molecule has 2 aromatic rings. The van der Waals surface area contributed by atoms with E-state index in [9.17, 15) is 14.4 Å². The van der Waals surface area contributed by atoms with E-state index in [1.165, 1.54) is 16.2 Å². The van der Waals surface area contributed by atoms with E-state index in [0.29, 0.717) is 4.88 Å². The third kappa shape index (κ3) is 5.57. The molecule has 1 unspecified atom stereocenters. The summed E-state index contributed by atoms with van der Waals surface area (Å²) in [6.45, 7) is 3.76. The molecule has 30 heavy (non-hydrogen) atoms. The molecule has 1 aliphatic carbocycles. The van der Waals surface area contributed by atoms with Gasteiger partial charge in [-0.05, 0) is 29.9 Å². The van der Waals surface area contributed by atoms with Crippen molar-refractivity contribution in [3.05, 3.63) is 70.9 Å². The lowest BCUT2D eigenvalue weighted by Gasteiger charge is -2.31. The van der Waals surface area contributed by atoms with Gasteiger partial charge in [-0.25, -0.2) is 0 Å². The first-order valence-corrected chi connectivity index (χ1v) is 11.1. The summed E-state index contributed by atoms with van der Waals surface area (Å²) in [5, 5.41) is 7.57. The Kier molecular flexibility index (Phi) is 7.79. The van der Waals surface area contributed by atoms with Gasteiger partial charge in [-0.2, -0.15) is 0 Å². The van der Waals surface area contributed by atoms with Crippen LogP contribution in [0.15, 0.2) is 60.5 Å². The number of carbonyl (C=O) groups excluding carboxylic acids is 3. The van der Waals surface area contributed by atoms with E-state index in [1.54, 1.807) is 23.6 Å². The SMILES string of the molecule is C=CCN(C(=O)CNC(=O)c1cccs1)C(C(=O)NC1CCCC1)c1ccccc1. The monoisotopic (exact) mass is 425 g/mol. The largest absolute Gasteiger partial charge is 0.351 e. The molecule has 1 atom stereocenters. The van der Waals surface area contributed by atoms with Crippen LogP contribution in [-0.4, -0.2) is 41.8 Å². The van der Waals surface area contributed by atoms with Gasteiger partial charge in [0.25, 0.3) is 5.91 Å². The van der Waals surface area contributed by atoms with Gasteiger partial charge in [-0.15, -0.1) is 17.9 Å². The minimum absolute atomic E-state index is 0.142. The Bertz CT molecular complexity index is 861. The molecule has 0 aliphatic heterocycles. The summed E-state index contributed by atoms with van der Waals surface area (Å²) in [4.78, 5) is 40.5. The summed E-state index contributed by atoms with van der Waals surface area (Å²) in [5.74, 6) is -0.841. The zero-order valence-electron chi connectivity index (χ0n) is 16.9. The molecule has 3 rings (SSSR count). The number of hydrogen-bond acceptors (Lipinski definition) is 4. The smallest absolute Gasteiger partial charge is 0.261 e. The summed E-state index contributed by atoms with van der Waals surface area (Å²) in [6.07, 6.45) is 5.72. The van der Waals surface area contributed by atoms with E-state index in [4.69, 9.17) is 0 Å². The predicted molar refractivity (Wildman–Crippen MR) is 118 cm³/mol. The molecule has 0 radical (unpaired) electrons. The van der Waals surface area contributed by atoms with Crippen molar-refractivity contribution < 1.29 is 14.4 Å². The number of nitrogens with one attached hydrogen (secondary N) is 2. The fourth-order valence-electron chi connectivity index (χ4n) is 3.70. The standard InChI is InChI=1S/C23H27N3O3S/c1-2-14-26(20(27)16-24-22(28)19-13-8-15-30-19)21(17-9-4-3-5-10-17)23(29)25-18-11-6-7-12-18/h2-5,8-10,13,15,18,21H,1,6-7,11-12,14,16H2,(H,24,28)(H,25,29). The van der Waals surface area contributed by atoms with Crippen molar-refractivity contribution in [3.63, 3.8) is 0 Å². The van der Waals surface area contributed by atoms with E-state index in [1.807, 2.05) is 30.3 Å². The van der Waals surface area contributed by atoms with Gasteiger partial charge >= 0.3 is 0 Å². The summed E-state index contributed by atoms with van der Waals surface area (Å²) in [6, 6.07) is 12.1. The maximum atomic E-state index is 13.2. The molecule has 2 N–H and O–H groups in total. The number of thiophene rings is 1. The van der Waals surface area contributed by atoms with Crippen LogP contribution >= 0.6 is 11.3 Å². The molecule has 3 amide bonds. The Morgan fingerprint density at radius 3 is 2.50 bits per heavy atom. The maximum absolute atomic E-state index is 13.2. The molecule has 1 saturated carbocycles. The number of hydrogen-bond donors (Lipinski definition) is 2. The van der Waals surface area contributed by atoms with Crippen LogP contribution in [0.25, 0.3) is 0 Å². The minimum Gasteiger partial charge on any atom is -0.351 e. The number of amides is 3. The molecule has 1 aromatic heterocycles. The van der Waals surface area contributed by atoms with Crippen LogP contribution in [0.2, 0.25) is 0 Å². The van der Waals surface area contributed by atoms with Crippen LogP contribution in [0.5, 0.6) is 0 Å². The van der Waals surface area contributed by atoms with Crippen LogP contribution in [0.4, 0.5) is 0 Å². The molecule has 6 nitrogen and oxygen atoms in total. The Labute approximate surface area is 181 Å². The molecule has 1 heterocycles. The van der Waals surface area contributed by atoms with Crippen LogP contribution in [0.1, 0.15) is 47.0 Å². The van der Waals surface area contributed by atoms with Gasteiger partial charge in [0.1, 0.15) is 6.04 Å². The normalized spacial score (nSPS) is 14.7. The molecule has 0 bridgehead atoms. The summed E-state index contributed by atoms with van der Waals surface area (Å²) < 4.78 is 0. The molecular formula is C23H27N3O3S. The summed E-state index contributed by atoms with van der Waals surface area (Å²) in [5.41, 5.74) is 0.729. The zero-order chi connectivity index (χ0) is 21.3. The van der Waals surface area contributed by atoms with Crippen LogP contribution in [0, 0.1) is 0 Å². The summed E-state index contributed by atoms with van der Waals surface area (Å²) in [7, 11) is 0. The van der Waals surface area contributed by atoms with E-state index < -0.39 is 6.04 Å². The third-order valence-corrected chi connectivity index (χ3v) is 6.04. The topological polar surface area (TPSA) is 78.5 Å². The minimum atomic E-state index is -0.782. The van der Waals surface area contributed by atoms with Gasteiger partial charge in [0.15, 0.2) is 0 Å². The van der Waals surface area contributed by atoms with Crippen LogP contribution in [0.3, 0.4) is 0 Å². The Balaban J connectivity index is 1.77.